The Morgan fingerprint density at radius 3 is 2.59 bits per heavy atom. The molecule has 1 aromatic heterocycles. The van der Waals surface area contributed by atoms with Crippen molar-refractivity contribution < 1.29 is 14.6 Å². The maximum atomic E-state index is 10.4. The van der Waals surface area contributed by atoms with Crippen LogP contribution in [0.1, 0.15) is 11.3 Å². The third-order valence-corrected chi connectivity index (χ3v) is 5.01. The van der Waals surface area contributed by atoms with Crippen LogP contribution in [-0.2, 0) is 0 Å². The summed E-state index contributed by atoms with van der Waals surface area (Å²) in [5.41, 5.74) is 4.90. The number of phenolic OH excluding ortho intramolecular Hbond substituents is 1. The number of benzene rings is 2. The summed E-state index contributed by atoms with van der Waals surface area (Å²) in [6, 6.07) is 10.7. The zero-order valence-corrected chi connectivity index (χ0v) is 19.1. The number of hydrogen-bond acceptors (Lipinski definition) is 7. The van der Waals surface area contributed by atoms with Gasteiger partial charge in [0.15, 0.2) is 11.6 Å². The first-order chi connectivity index (χ1) is 13.9. The Morgan fingerprint density at radius 2 is 1.86 bits per heavy atom. The van der Waals surface area contributed by atoms with Gasteiger partial charge >= 0.3 is 0 Å². The number of aromatic nitrogens is 2. The molecule has 0 spiro atoms. The van der Waals surface area contributed by atoms with E-state index >= 15 is 0 Å². The van der Waals surface area contributed by atoms with E-state index in [-0.39, 0.29) is 5.75 Å². The molecule has 0 fully saturated rings. The molecule has 2 aromatic carbocycles. The van der Waals surface area contributed by atoms with E-state index < -0.39 is 0 Å². The summed E-state index contributed by atoms with van der Waals surface area (Å²) in [7, 11) is 3.18. The molecule has 2 N–H and O–H groups in total. The second-order valence-corrected chi connectivity index (χ2v) is 7.75. The van der Waals surface area contributed by atoms with Gasteiger partial charge in [-0.2, -0.15) is 5.10 Å². The quantitative estimate of drug-likeness (QED) is 0.344. The van der Waals surface area contributed by atoms with Crippen molar-refractivity contribution in [2.24, 2.45) is 5.10 Å². The average molecular weight is 522 g/mol. The fraction of sp³-hybridized carbons (Fsp3) is 0.150. The van der Waals surface area contributed by atoms with E-state index in [1.54, 1.807) is 44.7 Å². The average Bonchev–Trinajstić information content (AvgIpc) is 2.70. The van der Waals surface area contributed by atoms with Crippen LogP contribution < -0.4 is 14.9 Å². The number of hydrogen-bond donors (Lipinski definition) is 2. The third-order valence-electron chi connectivity index (χ3n) is 3.95. The molecule has 0 radical (unpaired) electrons. The van der Waals surface area contributed by atoms with Crippen molar-refractivity contribution in [2.45, 2.75) is 6.92 Å². The topological polar surface area (TPSA) is 88.9 Å². The number of rotatable bonds is 6. The van der Waals surface area contributed by atoms with Crippen LogP contribution in [0, 0.1) is 6.92 Å². The highest BCUT2D eigenvalue weighted by molar-refractivity contribution is 9.11. The summed E-state index contributed by atoms with van der Waals surface area (Å²) in [4.78, 5) is 8.88. The highest BCUT2D eigenvalue weighted by atomic mass is 79.9. The summed E-state index contributed by atoms with van der Waals surface area (Å²) in [6.07, 6.45) is 1.63. The zero-order chi connectivity index (χ0) is 21.0. The second-order valence-electron chi connectivity index (χ2n) is 5.98. The molecule has 0 bridgehead atoms. The Bertz CT molecular complexity index is 1070. The Morgan fingerprint density at radius 1 is 1.07 bits per heavy atom. The molecule has 0 amide bonds. The lowest BCUT2D eigenvalue weighted by molar-refractivity contribution is 0.394. The maximum Gasteiger partial charge on any atom is 0.165 e. The standard InChI is InChI=1S/C20H18Br2N4O3/c1-11-6-18(25-20(24-11)15-7-13(21)8-16(22)19(15)27)26-23-10-12-4-5-14(28-2)9-17(12)29-3/h4-10,27H,1-3H3,(H,24,25,26). The van der Waals surface area contributed by atoms with Crippen LogP contribution in [0.25, 0.3) is 11.4 Å². The molecule has 0 aliphatic heterocycles. The van der Waals surface area contributed by atoms with Crippen molar-refractivity contribution in [2.75, 3.05) is 19.6 Å². The Kier molecular flexibility index (Phi) is 6.71. The van der Waals surface area contributed by atoms with E-state index in [1.165, 1.54) is 0 Å². The van der Waals surface area contributed by atoms with Gasteiger partial charge in [0.25, 0.3) is 0 Å². The third kappa shape index (κ3) is 5.04. The number of ether oxygens (including phenoxy) is 2. The van der Waals surface area contributed by atoms with E-state index in [0.717, 1.165) is 15.7 Å². The van der Waals surface area contributed by atoms with E-state index in [2.05, 4.69) is 52.4 Å². The molecule has 0 unspecified atom stereocenters. The molecule has 150 valence electrons. The monoisotopic (exact) mass is 520 g/mol. The lowest BCUT2D eigenvalue weighted by Gasteiger charge is -2.09. The van der Waals surface area contributed by atoms with Gasteiger partial charge in [-0.15, -0.1) is 0 Å². The molecule has 3 aromatic rings. The highest BCUT2D eigenvalue weighted by Crippen LogP contribution is 2.37. The number of hydrazone groups is 1. The van der Waals surface area contributed by atoms with Crippen molar-refractivity contribution >= 4 is 43.9 Å². The first-order valence-electron chi connectivity index (χ1n) is 8.46. The molecule has 29 heavy (non-hydrogen) atoms. The SMILES string of the molecule is COc1ccc(C=NNc2cc(C)nc(-c3cc(Br)cc(Br)c3O)n2)c(OC)c1. The molecule has 9 heteroatoms. The number of nitrogens with zero attached hydrogens (tertiary/aromatic N) is 3. The normalized spacial score (nSPS) is 10.9. The number of anilines is 1. The van der Waals surface area contributed by atoms with E-state index in [0.29, 0.717) is 33.2 Å². The summed E-state index contributed by atoms with van der Waals surface area (Å²) < 4.78 is 11.9. The number of nitrogens with one attached hydrogen (secondary N) is 1. The first-order valence-corrected chi connectivity index (χ1v) is 10.0. The Hall–Kier alpha value is -2.65. The summed E-state index contributed by atoms with van der Waals surface area (Å²) in [6.45, 7) is 1.84. The number of aryl methyl sites for hydroxylation is 1. The van der Waals surface area contributed by atoms with Crippen molar-refractivity contribution in [3.63, 3.8) is 0 Å². The molecule has 3 rings (SSSR count). The van der Waals surface area contributed by atoms with Gasteiger partial charge in [-0.05, 0) is 47.1 Å². The van der Waals surface area contributed by atoms with Crippen LogP contribution in [-0.4, -0.2) is 35.5 Å². The molecule has 0 saturated carbocycles. The molecular formula is C20H18Br2N4O3. The Labute approximate surface area is 185 Å². The number of methoxy groups -OCH3 is 2. The molecule has 1 heterocycles. The van der Waals surface area contributed by atoms with Crippen molar-refractivity contribution in [1.29, 1.82) is 0 Å². The first kappa shape index (κ1) is 21.1. The lowest BCUT2D eigenvalue weighted by Crippen LogP contribution is -2.00. The second kappa shape index (κ2) is 9.23. The molecule has 0 saturated heterocycles. The summed E-state index contributed by atoms with van der Waals surface area (Å²) in [5.74, 6) is 2.27. The molecule has 7 nitrogen and oxygen atoms in total. The largest absolute Gasteiger partial charge is 0.506 e. The number of halogens is 2. The molecule has 0 aliphatic carbocycles. The van der Waals surface area contributed by atoms with Crippen molar-refractivity contribution in [3.05, 3.63) is 56.6 Å². The van der Waals surface area contributed by atoms with Crippen LogP contribution in [0.2, 0.25) is 0 Å². The molecular weight excluding hydrogens is 504 g/mol. The van der Waals surface area contributed by atoms with Gasteiger partial charge in [-0.25, -0.2) is 9.97 Å². The number of aromatic hydroxyl groups is 1. The predicted molar refractivity (Wildman–Crippen MR) is 120 cm³/mol. The van der Waals surface area contributed by atoms with Crippen LogP contribution >= 0.6 is 31.9 Å². The van der Waals surface area contributed by atoms with Gasteiger partial charge < -0.3 is 14.6 Å². The van der Waals surface area contributed by atoms with E-state index in [9.17, 15) is 5.11 Å². The van der Waals surface area contributed by atoms with Gasteiger partial charge in [-0.3, -0.25) is 5.43 Å². The van der Waals surface area contributed by atoms with Gasteiger partial charge in [0.05, 0.1) is 30.5 Å². The van der Waals surface area contributed by atoms with Crippen LogP contribution in [0.3, 0.4) is 0 Å². The zero-order valence-electron chi connectivity index (χ0n) is 15.9. The smallest absolute Gasteiger partial charge is 0.165 e. The van der Waals surface area contributed by atoms with Crippen molar-refractivity contribution in [1.82, 2.24) is 9.97 Å². The summed E-state index contributed by atoms with van der Waals surface area (Å²) >= 11 is 6.74. The van der Waals surface area contributed by atoms with Crippen LogP contribution in [0.15, 0.2) is 50.4 Å². The fourth-order valence-electron chi connectivity index (χ4n) is 2.58. The lowest BCUT2D eigenvalue weighted by atomic mass is 10.2. The highest BCUT2D eigenvalue weighted by Gasteiger charge is 2.13. The van der Waals surface area contributed by atoms with Gasteiger partial charge in [0, 0.05) is 27.9 Å². The Balaban J connectivity index is 1.87. The summed E-state index contributed by atoms with van der Waals surface area (Å²) in [5, 5.41) is 14.6. The molecule has 0 atom stereocenters. The van der Waals surface area contributed by atoms with Crippen molar-refractivity contribution in [3.8, 4) is 28.6 Å². The predicted octanol–water partition coefficient (Wildman–Crippen LogP) is 5.15. The number of phenols is 1. The van der Waals surface area contributed by atoms with Crippen LogP contribution in [0.5, 0.6) is 17.2 Å². The van der Waals surface area contributed by atoms with Gasteiger partial charge in [0.2, 0.25) is 0 Å². The minimum atomic E-state index is 0.0659. The molecule has 0 aliphatic rings. The van der Waals surface area contributed by atoms with Gasteiger partial charge in [-0.1, -0.05) is 15.9 Å². The fourth-order valence-corrected chi connectivity index (χ4v) is 3.80. The van der Waals surface area contributed by atoms with E-state index in [4.69, 9.17) is 9.47 Å². The minimum Gasteiger partial charge on any atom is -0.506 e. The van der Waals surface area contributed by atoms with Crippen LogP contribution in [0.4, 0.5) is 5.82 Å². The minimum absolute atomic E-state index is 0.0659. The van der Waals surface area contributed by atoms with E-state index in [1.807, 2.05) is 19.1 Å². The maximum absolute atomic E-state index is 10.4. The van der Waals surface area contributed by atoms with Gasteiger partial charge in [0.1, 0.15) is 17.2 Å².